The number of aliphatic hydroxyl groups excluding tert-OH is 1. The van der Waals surface area contributed by atoms with Crippen molar-refractivity contribution in [2.24, 2.45) is 0 Å². The lowest BCUT2D eigenvalue weighted by molar-refractivity contribution is 0.111. The normalized spacial score (nSPS) is 17.4. The number of aliphatic hydroxyl groups is 1. The molecule has 0 radical (unpaired) electrons. The number of hydrogen-bond acceptors (Lipinski definition) is 5. The van der Waals surface area contributed by atoms with Crippen molar-refractivity contribution >= 4 is 0 Å². The first-order chi connectivity index (χ1) is 11.3. The van der Waals surface area contributed by atoms with Crippen LogP contribution < -0.4 is 10.1 Å². The fraction of sp³-hybridized carbons (Fsp3) is 0.667. The van der Waals surface area contributed by atoms with Crippen molar-refractivity contribution in [1.29, 1.82) is 0 Å². The van der Waals surface area contributed by atoms with Crippen molar-refractivity contribution in [3.8, 4) is 5.75 Å². The highest BCUT2D eigenvalue weighted by molar-refractivity contribution is 5.36. The Bertz CT molecular complexity index is 450. The lowest BCUT2D eigenvalue weighted by Crippen LogP contribution is -2.47. The molecule has 0 spiro atoms. The third-order valence-electron chi connectivity index (χ3n) is 4.45. The van der Waals surface area contributed by atoms with Gasteiger partial charge in [0.25, 0.3) is 0 Å². The molecule has 1 atom stereocenters. The van der Waals surface area contributed by atoms with Crippen LogP contribution in [0, 0.1) is 0 Å². The van der Waals surface area contributed by atoms with Gasteiger partial charge < -0.3 is 15.2 Å². The lowest BCUT2D eigenvalue weighted by Gasteiger charge is -2.37. The third-order valence-corrected chi connectivity index (χ3v) is 4.45. The first-order valence-electron chi connectivity index (χ1n) is 8.79. The summed E-state index contributed by atoms with van der Waals surface area (Å²) in [7, 11) is 0. The Morgan fingerprint density at radius 3 is 2.65 bits per heavy atom. The summed E-state index contributed by atoms with van der Waals surface area (Å²) < 4.78 is 5.86. The first-order valence-corrected chi connectivity index (χ1v) is 8.79. The van der Waals surface area contributed by atoms with Crippen LogP contribution in [0.5, 0.6) is 5.75 Å². The molecule has 23 heavy (non-hydrogen) atoms. The summed E-state index contributed by atoms with van der Waals surface area (Å²) in [5.74, 6) is 0.964. The molecule has 0 saturated carbocycles. The van der Waals surface area contributed by atoms with Crippen molar-refractivity contribution < 1.29 is 9.84 Å². The molecule has 1 fully saturated rings. The highest BCUT2D eigenvalue weighted by atomic mass is 16.5. The number of benzene rings is 1. The van der Waals surface area contributed by atoms with Crippen molar-refractivity contribution in [3.05, 3.63) is 29.8 Å². The molecule has 1 aromatic carbocycles. The summed E-state index contributed by atoms with van der Waals surface area (Å²) in [6.07, 6.45) is 0. The van der Waals surface area contributed by atoms with Gasteiger partial charge in [-0.1, -0.05) is 25.1 Å². The molecule has 1 heterocycles. The molecule has 1 aliphatic rings. The van der Waals surface area contributed by atoms with Crippen LogP contribution in [0.15, 0.2) is 24.3 Å². The van der Waals surface area contributed by atoms with Crippen LogP contribution in [-0.4, -0.2) is 73.9 Å². The van der Waals surface area contributed by atoms with E-state index in [4.69, 9.17) is 4.74 Å². The van der Waals surface area contributed by atoms with Gasteiger partial charge in [0.2, 0.25) is 0 Å². The SMILES string of the molecule is CCOc1ccccc1C(CN1CCNCC1)N(CC)CCO. The van der Waals surface area contributed by atoms with Crippen molar-refractivity contribution in [2.75, 3.05) is 59.0 Å². The molecular formula is C18H31N3O2. The highest BCUT2D eigenvalue weighted by Gasteiger charge is 2.25. The fourth-order valence-electron chi connectivity index (χ4n) is 3.25. The largest absolute Gasteiger partial charge is 0.494 e. The van der Waals surface area contributed by atoms with Gasteiger partial charge in [0.1, 0.15) is 5.75 Å². The van der Waals surface area contributed by atoms with Crippen LogP contribution >= 0.6 is 0 Å². The predicted molar refractivity (Wildman–Crippen MR) is 94.0 cm³/mol. The van der Waals surface area contributed by atoms with Gasteiger partial charge in [0.05, 0.1) is 19.3 Å². The first kappa shape index (κ1) is 18.2. The average Bonchev–Trinajstić information content (AvgIpc) is 2.60. The zero-order valence-electron chi connectivity index (χ0n) is 14.5. The molecule has 1 aromatic rings. The standard InChI is InChI=1S/C18H31N3O2/c1-3-21(13-14-22)17(15-20-11-9-19-10-12-20)16-7-5-6-8-18(16)23-4-2/h5-8,17,19,22H,3-4,9-15H2,1-2H3. The molecule has 0 amide bonds. The maximum absolute atomic E-state index is 9.45. The maximum Gasteiger partial charge on any atom is 0.124 e. The number of likely N-dealkylation sites (N-methyl/N-ethyl adjacent to an activating group) is 1. The van der Waals surface area contributed by atoms with E-state index in [0.29, 0.717) is 13.2 Å². The Kier molecular flexibility index (Phi) is 7.82. The molecule has 1 aliphatic heterocycles. The molecule has 2 rings (SSSR count). The van der Waals surface area contributed by atoms with E-state index < -0.39 is 0 Å². The van der Waals surface area contributed by atoms with E-state index in [9.17, 15) is 5.11 Å². The summed E-state index contributed by atoms with van der Waals surface area (Å²) in [6, 6.07) is 8.57. The van der Waals surface area contributed by atoms with E-state index in [2.05, 4.69) is 40.2 Å². The van der Waals surface area contributed by atoms with Crippen LogP contribution in [0.2, 0.25) is 0 Å². The van der Waals surface area contributed by atoms with Crippen molar-refractivity contribution in [3.63, 3.8) is 0 Å². The van der Waals surface area contributed by atoms with Crippen LogP contribution in [0.25, 0.3) is 0 Å². The second-order valence-corrected chi connectivity index (χ2v) is 5.89. The summed E-state index contributed by atoms with van der Waals surface area (Å²) in [6.45, 7) is 11.8. The number of hydrogen-bond donors (Lipinski definition) is 2. The van der Waals surface area contributed by atoms with E-state index >= 15 is 0 Å². The summed E-state index contributed by atoms with van der Waals surface area (Å²) in [4.78, 5) is 4.85. The van der Waals surface area contributed by atoms with Gasteiger partial charge in [0.15, 0.2) is 0 Å². The highest BCUT2D eigenvalue weighted by Crippen LogP contribution is 2.30. The van der Waals surface area contributed by atoms with Crippen LogP contribution in [0.3, 0.4) is 0 Å². The Labute approximate surface area is 140 Å². The molecular weight excluding hydrogens is 290 g/mol. The van der Waals surface area contributed by atoms with Crippen LogP contribution in [0.4, 0.5) is 0 Å². The van der Waals surface area contributed by atoms with Crippen LogP contribution in [0.1, 0.15) is 25.5 Å². The minimum Gasteiger partial charge on any atom is -0.494 e. The average molecular weight is 321 g/mol. The van der Waals surface area contributed by atoms with E-state index in [1.54, 1.807) is 0 Å². The van der Waals surface area contributed by atoms with E-state index in [1.165, 1.54) is 5.56 Å². The van der Waals surface area contributed by atoms with Gasteiger partial charge in [-0.3, -0.25) is 9.80 Å². The quantitative estimate of drug-likeness (QED) is 0.719. The second-order valence-electron chi connectivity index (χ2n) is 5.89. The number of ether oxygens (including phenoxy) is 1. The molecule has 5 nitrogen and oxygen atoms in total. The monoisotopic (exact) mass is 321 g/mol. The van der Waals surface area contributed by atoms with Gasteiger partial charge in [-0.15, -0.1) is 0 Å². The smallest absolute Gasteiger partial charge is 0.124 e. The summed E-state index contributed by atoms with van der Waals surface area (Å²) >= 11 is 0. The maximum atomic E-state index is 9.45. The van der Waals surface area contributed by atoms with E-state index in [-0.39, 0.29) is 12.6 Å². The fourth-order valence-corrected chi connectivity index (χ4v) is 3.25. The third kappa shape index (κ3) is 5.18. The van der Waals surface area contributed by atoms with Gasteiger partial charge in [-0.25, -0.2) is 0 Å². The van der Waals surface area contributed by atoms with Gasteiger partial charge in [-0.05, 0) is 19.5 Å². The van der Waals surface area contributed by atoms with Gasteiger partial charge in [-0.2, -0.15) is 0 Å². The Morgan fingerprint density at radius 1 is 1.26 bits per heavy atom. The van der Waals surface area contributed by atoms with E-state index in [1.807, 2.05) is 13.0 Å². The lowest BCUT2D eigenvalue weighted by atomic mass is 10.0. The number of nitrogens with one attached hydrogen (secondary N) is 1. The topological polar surface area (TPSA) is 48.0 Å². The summed E-state index contributed by atoms with van der Waals surface area (Å²) in [5.41, 5.74) is 1.23. The molecule has 2 N–H and O–H groups in total. The Hall–Kier alpha value is -1.14. The number of rotatable bonds is 9. The Balaban J connectivity index is 2.24. The Morgan fingerprint density at radius 2 is 2.00 bits per heavy atom. The number of para-hydroxylation sites is 1. The molecule has 0 aliphatic carbocycles. The number of nitrogens with zero attached hydrogens (tertiary/aromatic N) is 2. The van der Waals surface area contributed by atoms with Gasteiger partial charge >= 0.3 is 0 Å². The zero-order chi connectivity index (χ0) is 16.5. The molecule has 5 heteroatoms. The molecule has 1 unspecified atom stereocenters. The minimum absolute atomic E-state index is 0.183. The zero-order valence-corrected chi connectivity index (χ0v) is 14.5. The second kappa shape index (κ2) is 9.88. The summed E-state index contributed by atoms with van der Waals surface area (Å²) in [5, 5.41) is 12.9. The van der Waals surface area contributed by atoms with Crippen molar-refractivity contribution in [2.45, 2.75) is 19.9 Å². The molecule has 0 bridgehead atoms. The molecule has 1 saturated heterocycles. The molecule has 130 valence electrons. The van der Waals surface area contributed by atoms with Crippen LogP contribution in [-0.2, 0) is 0 Å². The number of piperazine rings is 1. The molecule has 0 aromatic heterocycles. The predicted octanol–water partition coefficient (Wildman–Crippen LogP) is 1.35. The van der Waals surface area contributed by atoms with Crippen molar-refractivity contribution in [1.82, 2.24) is 15.1 Å². The van der Waals surface area contributed by atoms with Gasteiger partial charge in [0, 0.05) is 44.8 Å². The minimum atomic E-state index is 0.183. The van der Waals surface area contributed by atoms with E-state index in [0.717, 1.165) is 45.0 Å².